The van der Waals surface area contributed by atoms with E-state index in [-0.39, 0.29) is 0 Å². The molecule has 3 aromatic rings. The first-order valence-corrected chi connectivity index (χ1v) is 7.05. The third kappa shape index (κ3) is 2.83. The van der Waals surface area contributed by atoms with Crippen molar-refractivity contribution in [2.75, 3.05) is 0 Å². The van der Waals surface area contributed by atoms with Crippen LogP contribution < -0.4 is 4.74 Å². The molecular formula is C15H17N5O2. The number of benzene rings is 1. The van der Waals surface area contributed by atoms with E-state index in [2.05, 4.69) is 40.6 Å². The Kier molecular flexibility index (Phi) is 3.86. The summed E-state index contributed by atoms with van der Waals surface area (Å²) < 4.78 is 12.4. The summed E-state index contributed by atoms with van der Waals surface area (Å²) in [6, 6.07) is 5.86. The molecule has 0 bridgehead atoms. The van der Waals surface area contributed by atoms with E-state index in [1.165, 1.54) is 6.26 Å². The molecular weight excluding hydrogens is 282 g/mol. The maximum absolute atomic E-state index is 5.91. The van der Waals surface area contributed by atoms with Crippen molar-refractivity contribution in [3.63, 3.8) is 0 Å². The zero-order chi connectivity index (χ0) is 15.5. The molecule has 0 N–H and O–H groups in total. The van der Waals surface area contributed by atoms with Gasteiger partial charge in [0, 0.05) is 6.07 Å². The Morgan fingerprint density at radius 1 is 1.32 bits per heavy atom. The zero-order valence-electron chi connectivity index (χ0n) is 12.7. The van der Waals surface area contributed by atoms with Gasteiger partial charge in [0.05, 0.1) is 5.69 Å². The van der Waals surface area contributed by atoms with Crippen molar-refractivity contribution in [1.29, 1.82) is 0 Å². The molecule has 1 aromatic carbocycles. The van der Waals surface area contributed by atoms with Crippen molar-refractivity contribution in [3.05, 3.63) is 47.6 Å². The topological polar surface area (TPSA) is 78.9 Å². The lowest BCUT2D eigenvalue weighted by molar-refractivity contribution is 0.285. The predicted molar refractivity (Wildman–Crippen MR) is 78.8 cm³/mol. The van der Waals surface area contributed by atoms with Crippen LogP contribution in [-0.4, -0.2) is 25.4 Å². The maximum Gasteiger partial charge on any atom is 0.143 e. The molecule has 0 saturated heterocycles. The molecule has 0 spiro atoms. The van der Waals surface area contributed by atoms with Gasteiger partial charge in [-0.25, -0.2) is 4.68 Å². The minimum Gasteiger partial charge on any atom is -0.487 e. The van der Waals surface area contributed by atoms with E-state index in [1.807, 2.05) is 13.0 Å². The average molecular weight is 299 g/mol. The lowest BCUT2D eigenvalue weighted by atomic mass is 9.99. The second kappa shape index (κ2) is 5.97. The predicted octanol–water partition coefficient (Wildman–Crippen LogP) is 2.66. The Morgan fingerprint density at radius 2 is 2.18 bits per heavy atom. The van der Waals surface area contributed by atoms with E-state index in [9.17, 15) is 0 Å². The first kappa shape index (κ1) is 14.2. The van der Waals surface area contributed by atoms with Crippen LogP contribution >= 0.6 is 0 Å². The van der Waals surface area contributed by atoms with Crippen LogP contribution in [0.2, 0.25) is 0 Å². The minimum atomic E-state index is 0.308. The van der Waals surface area contributed by atoms with Gasteiger partial charge in [0.15, 0.2) is 0 Å². The monoisotopic (exact) mass is 299 g/mol. The molecule has 2 heterocycles. The first-order valence-electron chi connectivity index (χ1n) is 7.05. The van der Waals surface area contributed by atoms with Crippen molar-refractivity contribution in [2.24, 2.45) is 0 Å². The summed E-state index contributed by atoms with van der Waals surface area (Å²) >= 11 is 0. The van der Waals surface area contributed by atoms with Gasteiger partial charge in [0.25, 0.3) is 0 Å². The fraction of sp³-hybridized carbons (Fsp3) is 0.333. The third-order valence-corrected chi connectivity index (χ3v) is 3.41. The van der Waals surface area contributed by atoms with Crippen LogP contribution in [0.3, 0.4) is 0 Å². The largest absolute Gasteiger partial charge is 0.487 e. The van der Waals surface area contributed by atoms with E-state index in [0.29, 0.717) is 12.5 Å². The van der Waals surface area contributed by atoms with E-state index in [4.69, 9.17) is 9.26 Å². The van der Waals surface area contributed by atoms with Gasteiger partial charge in [-0.1, -0.05) is 19.0 Å². The number of rotatable bonds is 5. The Hall–Kier alpha value is -2.70. The number of aromatic nitrogens is 5. The second-order valence-electron chi connectivity index (χ2n) is 5.37. The Morgan fingerprint density at radius 3 is 2.82 bits per heavy atom. The SMILES string of the molecule is Cc1cc(OCc2ccon2)c(C(C)C)cc1-n1cnnn1. The van der Waals surface area contributed by atoms with Gasteiger partial charge in [-0.15, -0.1) is 5.10 Å². The summed E-state index contributed by atoms with van der Waals surface area (Å²) in [4.78, 5) is 0. The van der Waals surface area contributed by atoms with Gasteiger partial charge in [-0.05, 0) is 46.5 Å². The third-order valence-electron chi connectivity index (χ3n) is 3.41. The van der Waals surface area contributed by atoms with Crippen LogP contribution in [0.25, 0.3) is 5.69 Å². The lowest BCUT2D eigenvalue weighted by Gasteiger charge is -2.17. The lowest BCUT2D eigenvalue weighted by Crippen LogP contribution is -2.05. The Bertz CT molecular complexity index is 736. The molecule has 0 aliphatic heterocycles. The van der Waals surface area contributed by atoms with Gasteiger partial charge in [0.1, 0.15) is 30.6 Å². The summed E-state index contributed by atoms with van der Waals surface area (Å²) in [6.45, 7) is 6.62. The van der Waals surface area contributed by atoms with Crippen LogP contribution in [0.1, 0.15) is 36.6 Å². The van der Waals surface area contributed by atoms with E-state index in [1.54, 1.807) is 17.1 Å². The molecule has 7 heteroatoms. The minimum absolute atomic E-state index is 0.308. The van der Waals surface area contributed by atoms with E-state index in [0.717, 1.165) is 28.3 Å². The van der Waals surface area contributed by atoms with Gasteiger partial charge >= 0.3 is 0 Å². The van der Waals surface area contributed by atoms with Crippen molar-refractivity contribution < 1.29 is 9.26 Å². The normalized spacial score (nSPS) is 11.1. The van der Waals surface area contributed by atoms with Crippen molar-refractivity contribution in [3.8, 4) is 11.4 Å². The fourth-order valence-corrected chi connectivity index (χ4v) is 2.24. The zero-order valence-corrected chi connectivity index (χ0v) is 12.7. The maximum atomic E-state index is 5.91. The summed E-state index contributed by atoms with van der Waals surface area (Å²) in [6.07, 6.45) is 3.12. The van der Waals surface area contributed by atoms with Gasteiger partial charge in [0.2, 0.25) is 0 Å². The summed E-state index contributed by atoms with van der Waals surface area (Å²) in [7, 11) is 0. The molecule has 0 unspecified atom stereocenters. The highest BCUT2D eigenvalue weighted by molar-refractivity contribution is 5.50. The van der Waals surface area contributed by atoms with Crippen molar-refractivity contribution >= 4 is 0 Å². The average Bonchev–Trinajstić information content (AvgIpc) is 3.18. The Labute approximate surface area is 127 Å². The highest BCUT2D eigenvalue weighted by Gasteiger charge is 2.14. The standard InChI is InChI=1S/C15H17N5O2/c1-10(2)13-7-14(20-9-16-18-19-20)11(3)6-15(13)21-8-12-4-5-22-17-12/h4-7,9-10H,8H2,1-3H3. The molecule has 0 fully saturated rings. The van der Waals surface area contributed by atoms with Crippen molar-refractivity contribution in [2.45, 2.75) is 33.3 Å². The number of nitrogens with zero attached hydrogens (tertiary/aromatic N) is 5. The quantitative estimate of drug-likeness (QED) is 0.720. The molecule has 0 atom stereocenters. The smallest absolute Gasteiger partial charge is 0.143 e. The number of ether oxygens (including phenoxy) is 1. The molecule has 7 nitrogen and oxygen atoms in total. The van der Waals surface area contributed by atoms with Gasteiger partial charge < -0.3 is 9.26 Å². The van der Waals surface area contributed by atoms with Crippen LogP contribution in [0, 0.1) is 6.92 Å². The molecule has 0 radical (unpaired) electrons. The number of aryl methyl sites for hydroxylation is 1. The highest BCUT2D eigenvalue weighted by atomic mass is 16.5. The molecule has 0 aliphatic carbocycles. The molecule has 2 aromatic heterocycles. The van der Waals surface area contributed by atoms with Gasteiger partial charge in [-0.3, -0.25) is 0 Å². The van der Waals surface area contributed by atoms with E-state index < -0.39 is 0 Å². The molecule has 0 amide bonds. The molecule has 3 rings (SSSR count). The molecule has 22 heavy (non-hydrogen) atoms. The first-order chi connectivity index (χ1) is 10.6. The van der Waals surface area contributed by atoms with Gasteiger partial charge in [-0.2, -0.15) is 0 Å². The highest BCUT2D eigenvalue weighted by Crippen LogP contribution is 2.31. The number of tetrazole rings is 1. The van der Waals surface area contributed by atoms with E-state index >= 15 is 0 Å². The molecule has 114 valence electrons. The molecule has 0 aliphatic rings. The fourth-order valence-electron chi connectivity index (χ4n) is 2.24. The summed E-state index contributed by atoms with van der Waals surface area (Å²) in [5.41, 5.74) is 3.84. The van der Waals surface area contributed by atoms with Crippen LogP contribution in [0.4, 0.5) is 0 Å². The van der Waals surface area contributed by atoms with Crippen LogP contribution in [0.5, 0.6) is 5.75 Å². The summed E-state index contributed by atoms with van der Waals surface area (Å²) in [5.74, 6) is 1.15. The molecule has 0 saturated carbocycles. The van der Waals surface area contributed by atoms with Crippen molar-refractivity contribution in [1.82, 2.24) is 25.4 Å². The number of hydrogen-bond acceptors (Lipinski definition) is 6. The summed E-state index contributed by atoms with van der Waals surface area (Å²) in [5, 5.41) is 15.2. The second-order valence-corrected chi connectivity index (χ2v) is 5.37. The number of hydrogen-bond donors (Lipinski definition) is 0. The Balaban J connectivity index is 1.94. The van der Waals surface area contributed by atoms with Crippen LogP contribution in [-0.2, 0) is 6.61 Å². The van der Waals surface area contributed by atoms with Crippen LogP contribution in [0.15, 0.2) is 35.3 Å².